The van der Waals surface area contributed by atoms with Crippen molar-refractivity contribution in [1.82, 2.24) is 10.6 Å². The molecule has 5 aliphatic rings. The average molecular weight is 386 g/mol. The average Bonchev–Trinajstić information content (AvgIpc) is 2.83. The highest BCUT2D eigenvalue weighted by Crippen LogP contribution is 2.40. The molecule has 0 aromatic rings. The van der Waals surface area contributed by atoms with Gasteiger partial charge in [0, 0.05) is 25.7 Å². The van der Waals surface area contributed by atoms with Crippen LogP contribution in [0.3, 0.4) is 0 Å². The molecule has 0 bridgehead atoms. The maximum Gasteiger partial charge on any atom is 0.351 e. The van der Waals surface area contributed by atoms with Gasteiger partial charge in [0.15, 0.2) is 11.4 Å². The molecule has 26 heavy (non-hydrogen) atoms. The Morgan fingerprint density at radius 3 is 2.31 bits per heavy atom. The minimum Gasteiger partial charge on any atom is -1.00 e. The molecule has 0 aromatic heterocycles. The Balaban J connectivity index is 0.00000168. The van der Waals surface area contributed by atoms with Crippen LogP contribution in [0.5, 0.6) is 0 Å². The molecule has 148 valence electrons. The lowest BCUT2D eigenvalue weighted by atomic mass is 9.81. The van der Waals surface area contributed by atoms with Crippen molar-refractivity contribution in [2.45, 2.75) is 100 Å². The zero-order valence-corrected chi connectivity index (χ0v) is 16.3. The summed E-state index contributed by atoms with van der Waals surface area (Å²) in [6.07, 6.45) is 11.6. The molecule has 5 aliphatic heterocycles. The summed E-state index contributed by atoms with van der Waals surface area (Å²) in [5.74, 6) is 1.05. The molecule has 3 N–H and O–H groups in total. The normalized spacial score (nSPS) is 45.2. The maximum atomic E-state index is 10.7. The Morgan fingerprint density at radius 2 is 1.54 bits per heavy atom. The number of piperidine rings is 1. The number of aliphatic hydroxyl groups excluding tert-OH is 1. The van der Waals surface area contributed by atoms with E-state index < -0.39 is 0 Å². The molecule has 7 heteroatoms. The monoisotopic (exact) mass is 385 g/mol. The number of nitrogens with one attached hydrogen (secondary N) is 2. The van der Waals surface area contributed by atoms with E-state index in [-0.39, 0.29) is 36.0 Å². The van der Waals surface area contributed by atoms with E-state index in [1.54, 1.807) is 0 Å². The molecule has 3 saturated heterocycles. The van der Waals surface area contributed by atoms with E-state index in [2.05, 4.69) is 15.2 Å². The molecule has 0 amide bonds. The topological polar surface area (TPSA) is 65.8 Å². The third kappa shape index (κ3) is 3.13. The Kier molecular flexibility index (Phi) is 5.14. The lowest BCUT2D eigenvalue weighted by Crippen LogP contribution is -3.00. The fraction of sp³-hybridized carbons (Fsp3) is 0.947. The lowest BCUT2D eigenvalue weighted by Gasteiger charge is -2.51. The number of ether oxygens (including phenoxy) is 2. The van der Waals surface area contributed by atoms with Crippen molar-refractivity contribution in [3.8, 4) is 0 Å². The van der Waals surface area contributed by atoms with Gasteiger partial charge in [0.25, 0.3) is 0 Å². The van der Waals surface area contributed by atoms with Gasteiger partial charge in [-0.25, -0.2) is 10.6 Å². The maximum absolute atomic E-state index is 10.7. The van der Waals surface area contributed by atoms with Crippen LogP contribution in [0, 0.1) is 0 Å². The summed E-state index contributed by atoms with van der Waals surface area (Å²) in [4.78, 5) is 0. The van der Waals surface area contributed by atoms with Gasteiger partial charge in [-0.1, -0.05) is 6.42 Å². The second-order valence-electron chi connectivity index (χ2n) is 8.73. The molecule has 5 rings (SSSR count). The first kappa shape index (κ1) is 18.8. The lowest BCUT2D eigenvalue weighted by molar-refractivity contribution is -0.643. The SMILES string of the molecule is O[C@H]1CC[C@H]2C[C@@]3(CCCCCO3)NC3=[N+]2[C@H]1C[C@]1(CCCCO1)N3.[Cl-]. The largest absolute Gasteiger partial charge is 1.00 e. The number of hydrogen-bond donors (Lipinski definition) is 3. The van der Waals surface area contributed by atoms with Crippen molar-refractivity contribution >= 4 is 5.96 Å². The first-order valence-electron chi connectivity index (χ1n) is 10.4. The van der Waals surface area contributed by atoms with Gasteiger partial charge in [-0.3, -0.25) is 4.58 Å². The Labute approximate surface area is 162 Å². The van der Waals surface area contributed by atoms with Gasteiger partial charge in [0.2, 0.25) is 0 Å². The molecule has 5 heterocycles. The van der Waals surface area contributed by atoms with Gasteiger partial charge < -0.3 is 27.0 Å². The minimum atomic E-state index is -0.312. The Hall–Kier alpha value is -0.560. The summed E-state index contributed by atoms with van der Waals surface area (Å²) in [7, 11) is 0. The Morgan fingerprint density at radius 1 is 0.885 bits per heavy atom. The third-order valence-electron chi connectivity index (χ3n) is 7.00. The number of aliphatic hydroxyl groups is 1. The predicted octanol–water partition coefficient (Wildman–Crippen LogP) is -1.58. The van der Waals surface area contributed by atoms with Crippen LogP contribution in [0.1, 0.15) is 70.6 Å². The Bertz CT molecular complexity index is 556. The van der Waals surface area contributed by atoms with Crippen molar-refractivity contribution in [3.63, 3.8) is 0 Å². The molecule has 0 aromatic carbocycles. The fourth-order valence-electron chi connectivity index (χ4n) is 5.75. The van der Waals surface area contributed by atoms with Crippen LogP contribution >= 0.6 is 0 Å². The number of guanidine groups is 1. The van der Waals surface area contributed by atoms with Crippen molar-refractivity contribution < 1.29 is 31.6 Å². The zero-order chi connectivity index (χ0) is 16.9. The summed E-state index contributed by atoms with van der Waals surface area (Å²) in [6, 6.07) is 0.611. The van der Waals surface area contributed by atoms with E-state index in [1.807, 2.05) is 0 Å². The number of nitrogens with zero attached hydrogens (tertiary/aromatic N) is 1. The van der Waals surface area contributed by atoms with Crippen LogP contribution in [0.4, 0.5) is 0 Å². The summed E-state index contributed by atoms with van der Waals surface area (Å²) in [6.45, 7) is 1.66. The highest BCUT2D eigenvalue weighted by Gasteiger charge is 2.57. The molecule has 6 nitrogen and oxygen atoms in total. The predicted molar refractivity (Wildman–Crippen MR) is 93.3 cm³/mol. The highest BCUT2D eigenvalue weighted by molar-refractivity contribution is 5.77. The van der Waals surface area contributed by atoms with Gasteiger partial charge in [-0.2, -0.15) is 0 Å². The van der Waals surface area contributed by atoms with Gasteiger partial charge >= 0.3 is 5.96 Å². The smallest absolute Gasteiger partial charge is 0.351 e. The van der Waals surface area contributed by atoms with Crippen LogP contribution in [0.2, 0.25) is 0 Å². The first-order chi connectivity index (χ1) is 12.2. The first-order valence-corrected chi connectivity index (χ1v) is 10.4. The van der Waals surface area contributed by atoms with Crippen molar-refractivity contribution in [2.24, 2.45) is 0 Å². The minimum absolute atomic E-state index is 0. The quantitative estimate of drug-likeness (QED) is 0.439. The third-order valence-corrected chi connectivity index (χ3v) is 7.00. The molecule has 2 spiro atoms. The number of halogens is 1. The van der Waals surface area contributed by atoms with E-state index >= 15 is 0 Å². The summed E-state index contributed by atoms with van der Waals surface area (Å²) >= 11 is 0. The van der Waals surface area contributed by atoms with Gasteiger partial charge in [-0.15, -0.1) is 0 Å². The van der Waals surface area contributed by atoms with Gasteiger partial charge in [-0.05, 0) is 38.5 Å². The van der Waals surface area contributed by atoms with Gasteiger partial charge in [0.1, 0.15) is 6.04 Å². The van der Waals surface area contributed by atoms with Crippen LogP contribution in [0.25, 0.3) is 0 Å². The molecule has 3 fully saturated rings. The summed E-state index contributed by atoms with van der Waals surface area (Å²) in [5, 5.41) is 18.2. The molecule has 0 saturated carbocycles. The van der Waals surface area contributed by atoms with Crippen LogP contribution in [-0.2, 0) is 9.47 Å². The van der Waals surface area contributed by atoms with Crippen LogP contribution in [-0.4, -0.2) is 58.5 Å². The van der Waals surface area contributed by atoms with Crippen molar-refractivity contribution in [2.75, 3.05) is 13.2 Å². The second kappa shape index (κ2) is 7.12. The second-order valence-corrected chi connectivity index (χ2v) is 8.73. The summed E-state index contributed by atoms with van der Waals surface area (Å²) < 4.78 is 15.0. The molecule has 0 unspecified atom stereocenters. The van der Waals surface area contributed by atoms with Crippen LogP contribution < -0.4 is 23.0 Å². The van der Waals surface area contributed by atoms with Crippen LogP contribution in [0.15, 0.2) is 0 Å². The van der Waals surface area contributed by atoms with Crippen molar-refractivity contribution in [1.29, 1.82) is 0 Å². The fourth-order valence-corrected chi connectivity index (χ4v) is 5.75. The molecule has 0 radical (unpaired) electrons. The van der Waals surface area contributed by atoms with Gasteiger partial charge in [0.05, 0.1) is 25.4 Å². The van der Waals surface area contributed by atoms with Crippen molar-refractivity contribution in [3.05, 3.63) is 0 Å². The standard InChI is InChI=1S/C19H31N3O3.ClH/c23-16-7-6-14-12-18(8-2-1-4-10-24-18)20-17-21-19(9-3-5-11-25-19)13-15(16)22(14)17;/h14-16,23H,1-13H2,(H,20,21);1H/t14-,15-,16-,18-,19+;/m0./s1. The molecular weight excluding hydrogens is 354 g/mol. The molecular formula is C19H32ClN3O3. The zero-order valence-electron chi connectivity index (χ0n) is 15.5. The highest BCUT2D eigenvalue weighted by atomic mass is 35.5. The van der Waals surface area contributed by atoms with E-state index in [9.17, 15) is 5.11 Å². The van der Waals surface area contributed by atoms with E-state index in [0.717, 1.165) is 70.5 Å². The van der Waals surface area contributed by atoms with E-state index in [0.29, 0.717) is 6.04 Å². The van der Waals surface area contributed by atoms with E-state index in [4.69, 9.17) is 9.47 Å². The number of hydrogen-bond acceptors (Lipinski definition) is 5. The summed E-state index contributed by atoms with van der Waals surface area (Å²) in [5.41, 5.74) is -0.548. The van der Waals surface area contributed by atoms with E-state index in [1.165, 1.54) is 19.3 Å². The molecule has 0 aliphatic carbocycles. The number of rotatable bonds is 0. The molecule has 5 atom stereocenters.